The smallest absolute Gasteiger partial charge is 0.253 e. The van der Waals surface area contributed by atoms with Crippen LogP contribution in [0, 0.1) is 5.82 Å². The lowest BCUT2D eigenvalue weighted by atomic mass is 10.1. The Kier molecular flexibility index (Phi) is 5.53. The maximum absolute atomic E-state index is 13.0. The Balaban J connectivity index is 1.31. The predicted molar refractivity (Wildman–Crippen MR) is 109 cm³/mol. The summed E-state index contributed by atoms with van der Waals surface area (Å²) in [4.78, 5) is 29.0. The number of hydrogen-bond acceptors (Lipinski definition) is 3. The van der Waals surface area contributed by atoms with Gasteiger partial charge in [0.15, 0.2) is 5.78 Å². The van der Waals surface area contributed by atoms with Gasteiger partial charge < -0.3 is 9.47 Å². The second kappa shape index (κ2) is 8.41. The van der Waals surface area contributed by atoms with Crippen LogP contribution < -0.4 is 0 Å². The second-order valence-electron chi connectivity index (χ2n) is 7.14. The summed E-state index contributed by atoms with van der Waals surface area (Å²) in [6, 6.07) is 17.1. The summed E-state index contributed by atoms with van der Waals surface area (Å²) in [6.45, 7) is 2.71. The van der Waals surface area contributed by atoms with E-state index in [0.29, 0.717) is 37.3 Å². The van der Waals surface area contributed by atoms with E-state index in [1.165, 1.54) is 24.3 Å². The molecule has 5 nitrogen and oxygen atoms in total. The molecule has 1 aromatic heterocycles. The molecular weight excluding hydrogens is 369 g/mol. The molecule has 0 atom stereocenters. The molecule has 2 heterocycles. The normalized spacial score (nSPS) is 14.7. The summed E-state index contributed by atoms with van der Waals surface area (Å²) in [5, 5.41) is 0. The van der Waals surface area contributed by atoms with Crippen molar-refractivity contribution in [2.45, 2.75) is 0 Å². The van der Waals surface area contributed by atoms with Gasteiger partial charge in [-0.25, -0.2) is 4.39 Å². The summed E-state index contributed by atoms with van der Waals surface area (Å²) in [5.41, 5.74) is 2.18. The molecule has 2 aromatic carbocycles. The highest BCUT2D eigenvalue weighted by Gasteiger charge is 2.23. The first-order valence-corrected chi connectivity index (χ1v) is 9.64. The van der Waals surface area contributed by atoms with Crippen LogP contribution in [-0.4, -0.2) is 58.8 Å². The number of amides is 1. The Morgan fingerprint density at radius 3 is 2.00 bits per heavy atom. The van der Waals surface area contributed by atoms with Gasteiger partial charge in [0.25, 0.3) is 5.91 Å². The van der Waals surface area contributed by atoms with Gasteiger partial charge in [0, 0.05) is 55.4 Å². The van der Waals surface area contributed by atoms with E-state index in [2.05, 4.69) is 0 Å². The number of benzene rings is 2. The van der Waals surface area contributed by atoms with Crippen LogP contribution >= 0.6 is 0 Å². The zero-order valence-electron chi connectivity index (χ0n) is 16.0. The van der Waals surface area contributed by atoms with Crippen LogP contribution in [-0.2, 0) is 0 Å². The van der Waals surface area contributed by atoms with E-state index in [4.69, 9.17) is 0 Å². The fourth-order valence-corrected chi connectivity index (χ4v) is 3.50. The highest BCUT2D eigenvalue weighted by molar-refractivity contribution is 5.97. The predicted octanol–water partition coefficient (Wildman–Crippen LogP) is 3.26. The van der Waals surface area contributed by atoms with Crippen LogP contribution in [0.1, 0.15) is 20.7 Å². The Morgan fingerprint density at radius 1 is 0.793 bits per heavy atom. The van der Waals surface area contributed by atoms with E-state index in [9.17, 15) is 14.0 Å². The molecule has 0 radical (unpaired) electrons. The van der Waals surface area contributed by atoms with E-state index in [-0.39, 0.29) is 24.1 Å². The minimum Gasteiger partial charge on any atom is -0.336 e. The van der Waals surface area contributed by atoms with Crippen LogP contribution in [0.5, 0.6) is 0 Å². The first-order chi connectivity index (χ1) is 14.1. The van der Waals surface area contributed by atoms with Crippen molar-refractivity contribution in [3.63, 3.8) is 0 Å². The minimum absolute atomic E-state index is 0.00793. The number of ketones is 1. The average Bonchev–Trinajstić information content (AvgIpc) is 3.29. The molecular formula is C23H22FN3O2. The first-order valence-electron chi connectivity index (χ1n) is 9.64. The highest BCUT2D eigenvalue weighted by atomic mass is 19.1. The molecule has 0 saturated carbocycles. The molecule has 0 bridgehead atoms. The van der Waals surface area contributed by atoms with Crippen LogP contribution in [0.3, 0.4) is 0 Å². The van der Waals surface area contributed by atoms with E-state index in [0.717, 1.165) is 5.69 Å². The summed E-state index contributed by atoms with van der Waals surface area (Å²) >= 11 is 0. The Hall–Kier alpha value is -3.25. The maximum Gasteiger partial charge on any atom is 0.253 e. The average molecular weight is 391 g/mol. The fraction of sp³-hybridized carbons (Fsp3) is 0.217. The highest BCUT2D eigenvalue weighted by Crippen LogP contribution is 2.14. The van der Waals surface area contributed by atoms with Crippen molar-refractivity contribution in [2.75, 3.05) is 32.7 Å². The lowest BCUT2D eigenvalue weighted by molar-refractivity contribution is 0.0624. The van der Waals surface area contributed by atoms with Crippen LogP contribution in [0.4, 0.5) is 4.39 Å². The van der Waals surface area contributed by atoms with Crippen LogP contribution in [0.2, 0.25) is 0 Å². The molecule has 0 spiro atoms. The number of halogens is 1. The van der Waals surface area contributed by atoms with Crippen molar-refractivity contribution in [3.8, 4) is 5.69 Å². The lowest BCUT2D eigenvalue weighted by Gasteiger charge is -2.34. The topological polar surface area (TPSA) is 45.6 Å². The molecule has 3 aromatic rings. The van der Waals surface area contributed by atoms with Gasteiger partial charge in [-0.3, -0.25) is 14.5 Å². The maximum atomic E-state index is 13.0. The van der Waals surface area contributed by atoms with Gasteiger partial charge in [-0.15, -0.1) is 0 Å². The van der Waals surface area contributed by atoms with Crippen molar-refractivity contribution in [3.05, 3.63) is 90.0 Å². The van der Waals surface area contributed by atoms with Gasteiger partial charge in [0.05, 0.1) is 6.54 Å². The quantitative estimate of drug-likeness (QED) is 0.627. The van der Waals surface area contributed by atoms with E-state index >= 15 is 0 Å². The molecule has 1 aliphatic rings. The number of nitrogens with zero attached hydrogens (tertiary/aromatic N) is 3. The number of rotatable bonds is 5. The molecule has 1 aliphatic heterocycles. The second-order valence-corrected chi connectivity index (χ2v) is 7.14. The lowest BCUT2D eigenvalue weighted by Crippen LogP contribution is -2.49. The first kappa shape index (κ1) is 19.1. The molecule has 0 N–H and O–H groups in total. The number of aromatic nitrogens is 1. The number of carbonyl (C=O) groups is 2. The summed E-state index contributed by atoms with van der Waals surface area (Å²) < 4.78 is 15.0. The third kappa shape index (κ3) is 4.43. The van der Waals surface area contributed by atoms with Gasteiger partial charge in [-0.2, -0.15) is 0 Å². The largest absolute Gasteiger partial charge is 0.336 e. The van der Waals surface area contributed by atoms with Gasteiger partial charge in [-0.1, -0.05) is 0 Å². The standard InChI is InChI=1S/C23H22FN3O2/c24-20-7-3-18(4-8-20)22(28)17-25-13-15-27(16-14-25)23(29)19-5-9-21(10-6-19)26-11-1-2-12-26/h1-12H,13-17H2. The Labute approximate surface area is 169 Å². The van der Waals surface area contributed by atoms with E-state index < -0.39 is 0 Å². The van der Waals surface area contributed by atoms with Gasteiger partial charge >= 0.3 is 0 Å². The minimum atomic E-state index is -0.352. The Bertz CT molecular complexity index is 974. The molecule has 4 rings (SSSR count). The van der Waals surface area contributed by atoms with Crippen molar-refractivity contribution < 1.29 is 14.0 Å². The molecule has 0 aliphatic carbocycles. The van der Waals surface area contributed by atoms with Crippen molar-refractivity contribution >= 4 is 11.7 Å². The van der Waals surface area contributed by atoms with Crippen molar-refractivity contribution in [1.82, 2.24) is 14.4 Å². The van der Waals surface area contributed by atoms with Gasteiger partial charge in [-0.05, 0) is 60.7 Å². The molecule has 148 valence electrons. The number of hydrogen-bond donors (Lipinski definition) is 0. The van der Waals surface area contributed by atoms with Crippen LogP contribution in [0.25, 0.3) is 5.69 Å². The SMILES string of the molecule is O=C(CN1CCN(C(=O)c2ccc(-n3cccc3)cc2)CC1)c1ccc(F)cc1. The molecule has 1 saturated heterocycles. The van der Waals surface area contributed by atoms with Gasteiger partial charge in [0.2, 0.25) is 0 Å². The van der Waals surface area contributed by atoms with Crippen molar-refractivity contribution in [2.24, 2.45) is 0 Å². The Morgan fingerprint density at radius 2 is 1.38 bits per heavy atom. The van der Waals surface area contributed by atoms with E-state index in [1.807, 2.05) is 63.2 Å². The summed E-state index contributed by atoms with van der Waals surface area (Å²) in [6.07, 6.45) is 3.92. The zero-order chi connectivity index (χ0) is 20.2. The molecule has 1 fully saturated rings. The van der Waals surface area contributed by atoms with Crippen LogP contribution in [0.15, 0.2) is 73.1 Å². The molecule has 6 heteroatoms. The molecule has 0 unspecified atom stereocenters. The third-order valence-corrected chi connectivity index (χ3v) is 5.21. The molecule has 1 amide bonds. The number of carbonyl (C=O) groups excluding carboxylic acids is 2. The molecule has 29 heavy (non-hydrogen) atoms. The summed E-state index contributed by atoms with van der Waals surface area (Å²) in [7, 11) is 0. The third-order valence-electron chi connectivity index (χ3n) is 5.21. The number of piperazine rings is 1. The number of Topliss-reactive ketones (excluding diaryl/α,β-unsaturated/α-hetero) is 1. The monoisotopic (exact) mass is 391 g/mol. The summed E-state index contributed by atoms with van der Waals surface area (Å²) in [5.74, 6) is -0.381. The van der Waals surface area contributed by atoms with Crippen molar-refractivity contribution in [1.29, 1.82) is 0 Å². The van der Waals surface area contributed by atoms with Gasteiger partial charge in [0.1, 0.15) is 5.82 Å². The van der Waals surface area contributed by atoms with E-state index in [1.54, 1.807) is 0 Å². The zero-order valence-corrected chi connectivity index (χ0v) is 16.0. The fourth-order valence-electron chi connectivity index (χ4n) is 3.50.